The van der Waals surface area contributed by atoms with Crippen molar-refractivity contribution < 1.29 is 18.0 Å². The lowest BCUT2D eigenvalue weighted by molar-refractivity contribution is 0.0693. The van der Waals surface area contributed by atoms with Gasteiger partial charge in [0.15, 0.2) is 0 Å². The number of amides is 2. The minimum atomic E-state index is -3.73. The molecule has 1 aromatic carbocycles. The molecule has 1 N–H and O–H groups in total. The number of fused-ring (bicyclic) bond motifs is 3. The fourth-order valence-electron chi connectivity index (χ4n) is 4.81. The molecule has 4 rings (SSSR count). The number of hydrogen-bond donors (Lipinski definition) is 1. The molecule has 4 unspecified atom stereocenters. The van der Waals surface area contributed by atoms with E-state index in [0.29, 0.717) is 11.8 Å². The molecular weight excluding hydrogens is 340 g/mol. The van der Waals surface area contributed by atoms with Gasteiger partial charge >= 0.3 is 0 Å². The first kappa shape index (κ1) is 16.7. The summed E-state index contributed by atoms with van der Waals surface area (Å²) in [5.41, 5.74) is 0.413. The van der Waals surface area contributed by atoms with Crippen LogP contribution in [0.25, 0.3) is 0 Å². The van der Waals surface area contributed by atoms with Gasteiger partial charge in [0, 0.05) is 13.1 Å². The van der Waals surface area contributed by atoms with Crippen molar-refractivity contribution in [1.29, 1.82) is 0 Å². The second-order valence-corrected chi connectivity index (χ2v) is 9.34. The lowest BCUT2D eigenvalue weighted by atomic mass is 9.84. The predicted molar refractivity (Wildman–Crippen MR) is 91.6 cm³/mol. The summed E-state index contributed by atoms with van der Waals surface area (Å²) < 4.78 is 28.3. The van der Waals surface area contributed by atoms with Crippen LogP contribution < -0.4 is 4.72 Å². The van der Waals surface area contributed by atoms with E-state index < -0.39 is 21.8 Å². The lowest BCUT2D eigenvalue weighted by Gasteiger charge is -2.28. The largest absolute Gasteiger partial charge is 0.277 e. The molecule has 1 heterocycles. The highest BCUT2D eigenvalue weighted by molar-refractivity contribution is 7.89. The Hall–Kier alpha value is -1.73. The van der Waals surface area contributed by atoms with Crippen molar-refractivity contribution >= 4 is 21.8 Å². The van der Waals surface area contributed by atoms with E-state index in [0.717, 1.165) is 17.2 Å². The monoisotopic (exact) mass is 362 g/mol. The summed E-state index contributed by atoms with van der Waals surface area (Å²) in [6, 6.07) is 4.01. The zero-order valence-electron chi connectivity index (χ0n) is 14.4. The van der Waals surface area contributed by atoms with Crippen molar-refractivity contribution in [2.75, 3.05) is 7.05 Å². The van der Waals surface area contributed by atoms with Crippen LogP contribution in [0.15, 0.2) is 23.1 Å². The van der Waals surface area contributed by atoms with Crippen molar-refractivity contribution in [2.24, 2.45) is 17.8 Å². The number of benzene rings is 1. The van der Waals surface area contributed by atoms with Gasteiger partial charge in [0.25, 0.3) is 11.8 Å². The molecule has 3 aliphatic rings. The maximum absolute atomic E-state index is 12.8. The van der Waals surface area contributed by atoms with Crippen LogP contribution in [0.5, 0.6) is 0 Å². The number of sulfonamides is 1. The van der Waals surface area contributed by atoms with Crippen molar-refractivity contribution in [3.63, 3.8) is 0 Å². The van der Waals surface area contributed by atoms with E-state index in [2.05, 4.69) is 4.72 Å². The number of hydrogen-bond acceptors (Lipinski definition) is 4. The van der Waals surface area contributed by atoms with Crippen LogP contribution in [0.4, 0.5) is 0 Å². The highest BCUT2D eigenvalue weighted by atomic mass is 32.2. The van der Waals surface area contributed by atoms with Gasteiger partial charge in [-0.2, -0.15) is 0 Å². The third kappa shape index (κ3) is 2.60. The second-order valence-electron chi connectivity index (χ2n) is 7.63. The average Bonchev–Trinajstić information content (AvgIpc) is 3.26. The van der Waals surface area contributed by atoms with Gasteiger partial charge in [-0.1, -0.05) is 6.42 Å². The van der Waals surface area contributed by atoms with Crippen LogP contribution in [0.1, 0.15) is 53.3 Å². The first-order chi connectivity index (χ1) is 11.8. The SMILES string of the molecule is CC(NS(=O)(=O)c1ccc2c(c1)C(=O)N(C)C2=O)C1CC2CCC1C2. The summed E-state index contributed by atoms with van der Waals surface area (Å²) in [5.74, 6) is 0.902. The van der Waals surface area contributed by atoms with Gasteiger partial charge in [-0.15, -0.1) is 0 Å². The van der Waals surface area contributed by atoms with E-state index in [-0.39, 0.29) is 22.1 Å². The Kier molecular flexibility index (Phi) is 3.77. The molecule has 134 valence electrons. The number of carbonyl (C=O) groups excluding carboxylic acids is 2. The summed E-state index contributed by atoms with van der Waals surface area (Å²) in [7, 11) is -2.33. The molecule has 2 bridgehead atoms. The van der Waals surface area contributed by atoms with Crippen molar-refractivity contribution in [3.8, 4) is 0 Å². The Morgan fingerprint density at radius 2 is 1.84 bits per heavy atom. The van der Waals surface area contributed by atoms with Gasteiger partial charge in [-0.25, -0.2) is 13.1 Å². The lowest BCUT2D eigenvalue weighted by Crippen LogP contribution is -2.40. The van der Waals surface area contributed by atoms with Gasteiger partial charge in [0.05, 0.1) is 16.0 Å². The number of imide groups is 1. The second kappa shape index (κ2) is 5.64. The molecule has 25 heavy (non-hydrogen) atoms. The van der Waals surface area contributed by atoms with Crippen LogP contribution in [-0.2, 0) is 10.0 Å². The molecule has 0 saturated heterocycles. The molecule has 0 radical (unpaired) electrons. The molecule has 7 heteroatoms. The van der Waals surface area contributed by atoms with E-state index in [1.807, 2.05) is 6.92 Å². The van der Waals surface area contributed by atoms with E-state index in [1.165, 1.54) is 44.5 Å². The number of carbonyl (C=O) groups is 2. The molecule has 2 amide bonds. The smallest absolute Gasteiger partial charge is 0.261 e. The van der Waals surface area contributed by atoms with E-state index in [1.54, 1.807) is 0 Å². The Morgan fingerprint density at radius 1 is 1.12 bits per heavy atom. The molecule has 6 nitrogen and oxygen atoms in total. The van der Waals surface area contributed by atoms with Gasteiger partial charge in [-0.05, 0) is 62.1 Å². The average molecular weight is 362 g/mol. The van der Waals surface area contributed by atoms with Crippen molar-refractivity contribution in [2.45, 2.75) is 43.5 Å². The van der Waals surface area contributed by atoms with E-state index >= 15 is 0 Å². The van der Waals surface area contributed by atoms with Gasteiger partial charge in [-0.3, -0.25) is 14.5 Å². The summed E-state index contributed by atoms with van der Waals surface area (Å²) in [6.07, 6.45) is 4.78. The van der Waals surface area contributed by atoms with Crippen molar-refractivity contribution in [1.82, 2.24) is 9.62 Å². The molecule has 2 fully saturated rings. The molecular formula is C18H22N2O4S. The van der Waals surface area contributed by atoms with Crippen LogP contribution >= 0.6 is 0 Å². The maximum atomic E-state index is 12.8. The predicted octanol–water partition coefficient (Wildman–Crippen LogP) is 2.02. The summed E-state index contributed by atoms with van der Waals surface area (Å²) >= 11 is 0. The Bertz CT molecular complexity index is 864. The summed E-state index contributed by atoms with van der Waals surface area (Å²) in [6.45, 7) is 1.93. The standard InChI is InChI=1S/C18H22N2O4S/c1-10(15-8-11-3-4-12(15)7-11)19-25(23,24)13-5-6-14-16(9-13)18(22)20(2)17(14)21/h5-6,9-12,15,19H,3-4,7-8H2,1-2H3. The molecule has 1 aromatic rings. The van der Waals surface area contributed by atoms with E-state index in [4.69, 9.17) is 0 Å². The highest BCUT2D eigenvalue weighted by Gasteiger charge is 2.43. The van der Waals surface area contributed by atoms with Crippen LogP contribution in [0.2, 0.25) is 0 Å². The quantitative estimate of drug-likeness (QED) is 0.831. The molecule has 2 aliphatic carbocycles. The fraction of sp³-hybridized carbons (Fsp3) is 0.556. The minimum Gasteiger partial charge on any atom is -0.277 e. The van der Waals surface area contributed by atoms with Crippen LogP contribution in [0, 0.1) is 17.8 Å². The topological polar surface area (TPSA) is 83.6 Å². The molecule has 2 saturated carbocycles. The number of nitrogens with zero attached hydrogens (tertiary/aromatic N) is 1. The van der Waals surface area contributed by atoms with E-state index in [9.17, 15) is 18.0 Å². The Morgan fingerprint density at radius 3 is 2.48 bits per heavy atom. The third-order valence-electron chi connectivity index (χ3n) is 6.15. The van der Waals surface area contributed by atoms with Gasteiger partial charge in [0.2, 0.25) is 10.0 Å². The maximum Gasteiger partial charge on any atom is 0.261 e. The zero-order valence-corrected chi connectivity index (χ0v) is 15.2. The van der Waals surface area contributed by atoms with Gasteiger partial charge < -0.3 is 0 Å². The highest BCUT2D eigenvalue weighted by Crippen LogP contribution is 2.49. The summed E-state index contributed by atoms with van der Waals surface area (Å²) in [4.78, 5) is 25.1. The first-order valence-corrected chi connectivity index (χ1v) is 10.2. The normalized spacial score (nSPS) is 29.4. The fourth-order valence-corrected chi connectivity index (χ4v) is 6.13. The van der Waals surface area contributed by atoms with Crippen molar-refractivity contribution in [3.05, 3.63) is 29.3 Å². The number of rotatable bonds is 4. The Labute approximate surface area is 147 Å². The van der Waals surface area contributed by atoms with Gasteiger partial charge in [0.1, 0.15) is 0 Å². The Balaban J connectivity index is 1.57. The zero-order chi connectivity index (χ0) is 17.9. The van der Waals surface area contributed by atoms with Crippen LogP contribution in [0.3, 0.4) is 0 Å². The number of nitrogens with one attached hydrogen (secondary N) is 1. The minimum absolute atomic E-state index is 0.0395. The molecule has 1 aliphatic heterocycles. The first-order valence-electron chi connectivity index (χ1n) is 8.76. The molecule has 0 aromatic heterocycles. The molecule has 0 spiro atoms. The summed E-state index contributed by atoms with van der Waals surface area (Å²) in [5, 5.41) is 0. The molecule has 4 atom stereocenters. The van der Waals surface area contributed by atoms with Crippen LogP contribution in [-0.4, -0.2) is 38.2 Å². The third-order valence-corrected chi connectivity index (χ3v) is 7.70.